The van der Waals surface area contributed by atoms with E-state index in [0.717, 1.165) is 12.8 Å². The van der Waals surface area contributed by atoms with Crippen LogP contribution in [0.5, 0.6) is 0 Å². The van der Waals surface area contributed by atoms with Crippen molar-refractivity contribution >= 4 is 6.09 Å². The van der Waals surface area contributed by atoms with Gasteiger partial charge < -0.3 is 15.2 Å². The van der Waals surface area contributed by atoms with Crippen LogP contribution >= 0.6 is 0 Å². The molecule has 17 heavy (non-hydrogen) atoms. The van der Waals surface area contributed by atoms with E-state index in [0.29, 0.717) is 12.6 Å². The van der Waals surface area contributed by atoms with Gasteiger partial charge in [-0.2, -0.15) is 0 Å². The number of nitrogens with one attached hydrogen (secondary N) is 1. The monoisotopic (exact) mass is 242 g/mol. The van der Waals surface area contributed by atoms with Gasteiger partial charge in [0.2, 0.25) is 0 Å². The molecule has 0 spiro atoms. The van der Waals surface area contributed by atoms with Crippen LogP contribution in [0.1, 0.15) is 33.6 Å². The Hall–Kier alpha value is -0.810. The number of carbonyl (C=O) groups excluding carboxylic acids is 1. The summed E-state index contributed by atoms with van der Waals surface area (Å²) in [6, 6.07) is 0.421. The van der Waals surface area contributed by atoms with Crippen molar-refractivity contribution in [3.05, 3.63) is 0 Å². The largest absolute Gasteiger partial charge is 0.444 e. The van der Waals surface area contributed by atoms with Crippen molar-refractivity contribution in [2.24, 2.45) is 0 Å². The maximum absolute atomic E-state index is 12.1. The molecular formula is C12H22N2O3. The third-order valence-corrected chi connectivity index (χ3v) is 3.37. The lowest BCUT2D eigenvalue weighted by molar-refractivity contribution is -0.00368. The van der Waals surface area contributed by atoms with Gasteiger partial charge in [0.25, 0.3) is 0 Å². The normalized spacial score (nSPS) is 32.7. The highest BCUT2D eigenvalue weighted by Gasteiger charge is 2.43. The van der Waals surface area contributed by atoms with Crippen molar-refractivity contribution in [3.63, 3.8) is 0 Å². The molecule has 5 nitrogen and oxygen atoms in total. The lowest BCUT2D eigenvalue weighted by Gasteiger charge is -2.40. The van der Waals surface area contributed by atoms with Gasteiger partial charge in [-0.25, -0.2) is 4.79 Å². The van der Waals surface area contributed by atoms with Crippen molar-refractivity contribution in [2.45, 2.75) is 57.3 Å². The first-order valence-electron chi connectivity index (χ1n) is 6.27. The van der Waals surface area contributed by atoms with Gasteiger partial charge in [-0.3, -0.25) is 4.90 Å². The molecule has 1 amide bonds. The lowest BCUT2D eigenvalue weighted by Crippen LogP contribution is -2.61. The summed E-state index contributed by atoms with van der Waals surface area (Å²) in [4.78, 5) is 13.8. The molecule has 0 aliphatic carbocycles. The summed E-state index contributed by atoms with van der Waals surface area (Å²) in [5.41, 5.74) is -0.485. The van der Waals surface area contributed by atoms with Crippen LogP contribution in [-0.2, 0) is 4.74 Å². The number of likely N-dealkylation sites (tertiary alicyclic amines) is 1. The van der Waals surface area contributed by atoms with Gasteiger partial charge in [-0.15, -0.1) is 0 Å². The molecule has 2 heterocycles. The predicted octanol–water partition coefficient (Wildman–Crippen LogP) is 0.719. The molecule has 0 aromatic heterocycles. The highest BCUT2D eigenvalue weighted by atomic mass is 16.6. The van der Waals surface area contributed by atoms with Crippen molar-refractivity contribution in [2.75, 3.05) is 13.2 Å². The number of carbonyl (C=O) groups is 1. The van der Waals surface area contributed by atoms with Crippen LogP contribution in [0.4, 0.5) is 4.79 Å². The first-order chi connectivity index (χ1) is 7.90. The quantitative estimate of drug-likeness (QED) is 0.711. The highest BCUT2D eigenvalue weighted by Crippen LogP contribution is 2.26. The van der Waals surface area contributed by atoms with Crippen molar-refractivity contribution in [1.29, 1.82) is 0 Å². The maximum Gasteiger partial charge on any atom is 0.410 e. The van der Waals surface area contributed by atoms with Gasteiger partial charge in [-0.1, -0.05) is 0 Å². The van der Waals surface area contributed by atoms with Gasteiger partial charge in [0.1, 0.15) is 5.60 Å². The SMILES string of the molecule is CC(C)(C)OC(=O)N1CC2CCC(N2)C1CO. The number of aliphatic hydroxyl groups excluding tert-OH is 1. The summed E-state index contributed by atoms with van der Waals surface area (Å²) in [6.45, 7) is 6.20. The Morgan fingerprint density at radius 2 is 2.18 bits per heavy atom. The summed E-state index contributed by atoms with van der Waals surface area (Å²) in [6.07, 6.45) is 1.78. The average molecular weight is 242 g/mol. The second-order valence-corrected chi connectivity index (χ2v) is 5.93. The van der Waals surface area contributed by atoms with Crippen LogP contribution in [0.25, 0.3) is 0 Å². The Morgan fingerprint density at radius 3 is 2.76 bits per heavy atom. The Balaban J connectivity index is 2.06. The maximum atomic E-state index is 12.1. The minimum atomic E-state index is -0.485. The Kier molecular flexibility index (Phi) is 3.32. The molecule has 2 rings (SSSR count). The van der Waals surface area contributed by atoms with Gasteiger partial charge in [-0.05, 0) is 33.6 Å². The van der Waals surface area contributed by atoms with E-state index in [1.165, 1.54) is 0 Å². The third kappa shape index (κ3) is 2.72. The molecule has 2 saturated heterocycles. The van der Waals surface area contributed by atoms with Gasteiger partial charge in [0, 0.05) is 18.6 Å². The summed E-state index contributed by atoms with van der Waals surface area (Å²) in [7, 11) is 0. The standard InChI is InChI=1S/C12H22N2O3/c1-12(2,3)17-11(16)14-6-8-4-5-9(13-8)10(14)7-15/h8-10,13,15H,4-7H2,1-3H3. The van der Waals surface area contributed by atoms with Crippen LogP contribution in [0, 0.1) is 0 Å². The molecule has 2 aliphatic heterocycles. The minimum absolute atomic E-state index is 0.0103. The fourth-order valence-corrected chi connectivity index (χ4v) is 2.64. The smallest absolute Gasteiger partial charge is 0.410 e. The average Bonchev–Trinajstić information content (AvgIpc) is 2.58. The number of fused-ring (bicyclic) bond motifs is 2. The van der Waals surface area contributed by atoms with Crippen molar-refractivity contribution in [1.82, 2.24) is 10.2 Å². The van der Waals surface area contributed by atoms with Crippen LogP contribution in [0.2, 0.25) is 0 Å². The predicted molar refractivity (Wildman–Crippen MR) is 63.8 cm³/mol. The van der Waals surface area contributed by atoms with E-state index < -0.39 is 5.60 Å². The van der Waals surface area contributed by atoms with E-state index >= 15 is 0 Å². The van der Waals surface area contributed by atoms with Crippen LogP contribution < -0.4 is 5.32 Å². The number of ether oxygens (including phenoxy) is 1. The number of aliphatic hydroxyl groups is 1. The Bertz CT molecular complexity index is 301. The molecule has 2 fully saturated rings. The molecule has 2 aliphatic rings. The Morgan fingerprint density at radius 1 is 1.47 bits per heavy atom. The zero-order chi connectivity index (χ0) is 12.6. The van der Waals surface area contributed by atoms with Crippen LogP contribution in [-0.4, -0.2) is 53.0 Å². The fraction of sp³-hybridized carbons (Fsp3) is 0.917. The number of piperazine rings is 1. The number of nitrogens with zero attached hydrogens (tertiary/aromatic N) is 1. The zero-order valence-corrected chi connectivity index (χ0v) is 10.8. The zero-order valence-electron chi connectivity index (χ0n) is 10.8. The second-order valence-electron chi connectivity index (χ2n) is 5.93. The molecule has 2 N–H and O–H groups in total. The molecule has 3 atom stereocenters. The topological polar surface area (TPSA) is 61.8 Å². The lowest BCUT2D eigenvalue weighted by atomic mass is 10.1. The Labute approximate surface area is 102 Å². The van der Waals surface area contributed by atoms with Gasteiger partial charge in [0.05, 0.1) is 12.6 Å². The molecule has 0 radical (unpaired) electrons. The number of amides is 1. The van der Waals surface area contributed by atoms with Crippen LogP contribution in [0.15, 0.2) is 0 Å². The van der Waals surface area contributed by atoms with E-state index in [2.05, 4.69) is 5.32 Å². The molecule has 5 heteroatoms. The van der Waals surface area contributed by atoms with E-state index in [9.17, 15) is 9.90 Å². The first-order valence-corrected chi connectivity index (χ1v) is 6.27. The number of hydrogen-bond donors (Lipinski definition) is 2. The van der Waals surface area contributed by atoms with Crippen molar-refractivity contribution in [3.8, 4) is 0 Å². The minimum Gasteiger partial charge on any atom is -0.444 e. The van der Waals surface area contributed by atoms with Crippen molar-refractivity contribution < 1.29 is 14.6 Å². The highest BCUT2D eigenvalue weighted by molar-refractivity contribution is 5.69. The first kappa shape index (κ1) is 12.6. The fourth-order valence-electron chi connectivity index (χ4n) is 2.64. The van der Waals surface area contributed by atoms with E-state index in [-0.39, 0.29) is 24.8 Å². The molecule has 2 bridgehead atoms. The summed E-state index contributed by atoms with van der Waals surface area (Å²) < 4.78 is 5.38. The summed E-state index contributed by atoms with van der Waals surface area (Å²) in [5.74, 6) is 0. The molecule has 0 saturated carbocycles. The second kappa shape index (κ2) is 4.46. The third-order valence-electron chi connectivity index (χ3n) is 3.37. The molecule has 98 valence electrons. The van der Waals surface area contributed by atoms with E-state index in [1.807, 2.05) is 20.8 Å². The molecule has 3 unspecified atom stereocenters. The van der Waals surface area contributed by atoms with Gasteiger partial charge >= 0.3 is 6.09 Å². The molecule has 0 aromatic rings. The molecule has 0 aromatic carbocycles. The number of rotatable bonds is 1. The summed E-state index contributed by atoms with van der Waals surface area (Å²) >= 11 is 0. The summed E-state index contributed by atoms with van der Waals surface area (Å²) in [5, 5.41) is 12.9. The molecular weight excluding hydrogens is 220 g/mol. The van der Waals surface area contributed by atoms with E-state index in [4.69, 9.17) is 4.74 Å². The van der Waals surface area contributed by atoms with Gasteiger partial charge in [0.15, 0.2) is 0 Å². The number of hydrogen-bond acceptors (Lipinski definition) is 4. The van der Waals surface area contributed by atoms with Crippen LogP contribution in [0.3, 0.4) is 0 Å². The van der Waals surface area contributed by atoms with E-state index in [1.54, 1.807) is 4.90 Å².